The minimum absolute atomic E-state index is 0.0579. The Labute approximate surface area is 102 Å². The maximum atomic E-state index is 8.59. The van der Waals surface area contributed by atoms with Crippen molar-refractivity contribution in [2.75, 3.05) is 0 Å². The molecule has 1 aromatic carbocycles. The summed E-state index contributed by atoms with van der Waals surface area (Å²) in [6.45, 7) is 0.594. The summed E-state index contributed by atoms with van der Waals surface area (Å²) in [4.78, 5) is 0. The number of benzene rings is 1. The molecule has 3 heteroatoms. The topological polar surface area (TPSA) is 42.2 Å². The first kappa shape index (κ1) is 11.9. The molecule has 0 spiro atoms. The lowest BCUT2D eigenvalue weighted by atomic mass is 9.94. The summed E-state index contributed by atoms with van der Waals surface area (Å²) in [6.07, 6.45) is 5.98. The van der Waals surface area contributed by atoms with Gasteiger partial charge in [0.25, 0.3) is 6.26 Å². The van der Waals surface area contributed by atoms with Crippen molar-refractivity contribution < 1.29 is 9.47 Å². The molecule has 3 nitrogen and oxygen atoms in total. The van der Waals surface area contributed by atoms with Crippen LogP contribution in [0, 0.1) is 11.5 Å². The van der Waals surface area contributed by atoms with E-state index in [-0.39, 0.29) is 12.2 Å². The molecule has 0 radical (unpaired) electrons. The van der Waals surface area contributed by atoms with Gasteiger partial charge in [0.2, 0.25) is 0 Å². The number of rotatable bonds is 4. The Bertz CT molecular complexity index is 372. The number of hydrogen-bond donors (Lipinski definition) is 0. The van der Waals surface area contributed by atoms with Crippen LogP contribution >= 0.6 is 0 Å². The first-order valence-electron chi connectivity index (χ1n) is 6.10. The van der Waals surface area contributed by atoms with Crippen molar-refractivity contribution in [3.05, 3.63) is 35.9 Å². The van der Waals surface area contributed by atoms with Crippen LogP contribution in [0.25, 0.3) is 0 Å². The number of hydrogen-bond acceptors (Lipinski definition) is 3. The van der Waals surface area contributed by atoms with E-state index in [1.165, 1.54) is 0 Å². The van der Waals surface area contributed by atoms with Crippen LogP contribution in [-0.4, -0.2) is 12.2 Å². The molecule has 0 bridgehead atoms. The monoisotopic (exact) mass is 231 g/mol. The Hall–Kier alpha value is -1.53. The fourth-order valence-electron chi connectivity index (χ4n) is 2.23. The normalized spacial score (nSPS) is 23.9. The number of nitriles is 1. The molecule has 0 aliphatic heterocycles. The third-order valence-electron chi connectivity index (χ3n) is 3.15. The summed E-state index contributed by atoms with van der Waals surface area (Å²) in [6, 6.07) is 10.1. The average Bonchev–Trinajstić information content (AvgIpc) is 2.39. The van der Waals surface area contributed by atoms with Gasteiger partial charge in [0.15, 0.2) is 0 Å². The van der Waals surface area contributed by atoms with Gasteiger partial charge in [-0.25, -0.2) is 0 Å². The third kappa shape index (κ3) is 3.47. The maximum Gasteiger partial charge on any atom is 0.286 e. The molecular weight excluding hydrogens is 214 g/mol. The lowest BCUT2D eigenvalue weighted by Crippen LogP contribution is -2.33. The van der Waals surface area contributed by atoms with Gasteiger partial charge < -0.3 is 9.47 Å². The van der Waals surface area contributed by atoms with Gasteiger partial charge in [-0.1, -0.05) is 36.8 Å². The molecule has 1 saturated carbocycles. The van der Waals surface area contributed by atoms with Crippen molar-refractivity contribution in [2.45, 2.75) is 44.5 Å². The van der Waals surface area contributed by atoms with Crippen LogP contribution in [0.2, 0.25) is 0 Å². The van der Waals surface area contributed by atoms with Crippen LogP contribution in [0.5, 0.6) is 0 Å². The largest absolute Gasteiger partial charge is 0.421 e. The summed E-state index contributed by atoms with van der Waals surface area (Å²) in [7, 11) is 0. The van der Waals surface area contributed by atoms with E-state index in [2.05, 4.69) is 0 Å². The smallest absolute Gasteiger partial charge is 0.286 e. The Morgan fingerprint density at radius 1 is 1.12 bits per heavy atom. The van der Waals surface area contributed by atoms with E-state index in [0.29, 0.717) is 6.61 Å². The van der Waals surface area contributed by atoms with Crippen molar-refractivity contribution in [1.82, 2.24) is 0 Å². The van der Waals surface area contributed by atoms with Crippen molar-refractivity contribution in [2.24, 2.45) is 0 Å². The van der Waals surface area contributed by atoms with Crippen molar-refractivity contribution in [3.8, 4) is 6.26 Å². The van der Waals surface area contributed by atoms with E-state index in [0.717, 1.165) is 31.2 Å². The molecule has 17 heavy (non-hydrogen) atoms. The van der Waals surface area contributed by atoms with Gasteiger partial charge >= 0.3 is 0 Å². The summed E-state index contributed by atoms with van der Waals surface area (Å²) in [5.74, 6) is 0. The highest BCUT2D eigenvalue weighted by atomic mass is 16.5. The molecule has 0 aromatic heterocycles. The van der Waals surface area contributed by atoms with Gasteiger partial charge in [-0.05, 0) is 24.8 Å². The van der Waals surface area contributed by atoms with Crippen molar-refractivity contribution in [1.29, 1.82) is 5.26 Å². The fourth-order valence-corrected chi connectivity index (χ4v) is 2.23. The van der Waals surface area contributed by atoms with Gasteiger partial charge in [0.1, 0.15) is 6.10 Å². The predicted molar refractivity (Wildman–Crippen MR) is 64.0 cm³/mol. The molecule has 1 aromatic rings. The molecule has 2 atom stereocenters. The molecule has 1 aliphatic rings. The van der Waals surface area contributed by atoms with Gasteiger partial charge in [-0.15, -0.1) is 0 Å². The molecule has 2 rings (SSSR count). The number of ether oxygens (including phenoxy) is 2. The minimum Gasteiger partial charge on any atom is -0.421 e. The van der Waals surface area contributed by atoms with E-state index in [9.17, 15) is 0 Å². The van der Waals surface area contributed by atoms with Crippen LogP contribution in [0.4, 0.5) is 0 Å². The molecule has 90 valence electrons. The lowest BCUT2D eigenvalue weighted by molar-refractivity contribution is -0.0667. The first-order chi connectivity index (χ1) is 8.40. The van der Waals surface area contributed by atoms with Gasteiger partial charge in [0, 0.05) is 0 Å². The zero-order valence-electron chi connectivity index (χ0n) is 9.84. The molecule has 0 unspecified atom stereocenters. The molecule has 0 saturated heterocycles. The Balaban J connectivity index is 1.86. The second-order valence-corrected chi connectivity index (χ2v) is 4.37. The van der Waals surface area contributed by atoms with Crippen LogP contribution in [0.3, 0.4) is 0 Å². The summed E-state index contributed by atoms with van der Waals surface area (Å²) < 4.78 is 10.9. The average molecular weight is 231 g/mol. The van der Waals surface area contributed by atoms with E-state index in [4.69, 9.17) is 14.7 Å². The molecular formula is C14H17NO2. The van der Waals surface area contributed by atoms with E-state index >= 15 is 0 Å². The zero-order chi connectivity index (χ0) is 11.9. The maximum absolute atomic E-state index is 8.59. The quantitative estimate of drug-likeness (QED) is 0.748. The van der Waals surface area contributed by atoms with Crippen LogP contribution < -0.4 is 0 Å². The Kier molecular flexibility index (Phi) is 4.40. The zero-order valence-corrected chi connectivity index (χ0v) is 9.84. The summed E-state index contributed by atoms with van der Waals surface area (Å²) >= 11 is 0. The van der Waals surface area contributed by atoms with Gasteiger partial charge in [-0.2, -0.15) is 5.26 Å². The summed E-state index contributed by atoms with van der Waals surface area (Å²) in [5, 5.41) is 8.59. The molecule has 1 aliphatic carbocycles. The molecule has 0 amide bonds. The molecule has 0 N–H and O–H groups in total. The van der Waals surface area contributed by atoms with E-state index < -0.39 is 0 Å². The van der Waals surface area contributed by atoms with Crippen LogP contribution in [0.1, 0.15) is 31.2 Å². The van der Waals surface area contributed by atoms with Crippen LogP contribution in [-0.2, 0) is 16.1 Å². The standard InChI is InChI=1S/C14H17NO2/c15-11-17-14-9-5-4-8-13(14)16-10-12-6-2-1-3-7-12/h1-3,6-7,13-14H,4-5,8-10H2/t13-,14-/m0/s1. The number of nitrogens with zero attached hydrogens (tertiary/aromatic N) is 1. The first-order valence-corrected chi connectivity index (χ1v) is 6.10. The minimum atomic E-state index is -0.0579. The van der Waals surface area contributed by atoms with Gasteiger partial charge in [0.05, 0.1) is 12.7 Å². The third-order valence-corrected chi connectivity index (χ3v) is 3.15. The highest BCUT2D eigenvalue weighted by Gasteiger charge is 2.27. The second-order valence-electron chi connectivity index (χ2n) is 4.37. The van der Waals surface area contributed by atoms with E-state index in [1.54, 1.807) is 6.26 Å². The highest BCUT2D eigenvalue weighted by molar-refractivity contribution is 5.13. The second kappa shape index (κ2) is 6.27. The SMILES string of the molecule is N#CO[C@H]1CCCC[C@@H]1OCc1ccccc1. The van der Waals surface area contributed by atoms with E-state index in [1.807, 2.05) is 30.3 Å². The van der Waals surface area contributed by atoms with Crippen LogP contribution in [0.15, 0.2) is 30.3 Å². The highest BCUT2D eigenvalue weighted by Crippen LogP contribution is 2.24. The molecule has 0 heterocycles. The van der Waals surface area contributed by atoms with Gasteiger partial charge in [-0.3, -0.25) is 0 Å². The van der Waals surface area contributed by atoms with Crippen molar-refractivity contribution >= 4 is 0 Å². The van der Waals surface area contributed by atoms with Crippen molar-refractivity contribution in [3.63, 3.8) is 0 Å². The Morgan fingerprint density at radius 3 is 2.53 bits per heavy atom. The Morgan fingerprint density at radius 2 is 1.82 bits per heavy atom. The molecule has 1 fully saturated rings. The predicted octanol–water partition coefficient (Wildman–Crippen LogP) is 3.01. The lowest BCUT2D eigenvalue weighted by Gasteiger charge is -2.29. The summed E-state index contributed by atoms with van der Waals surface area (Å²) in [5.41, 5.74) is 1.16. The fraction of sp³-hybridized carbons (Fsp3) is 0.500.